The monoisotopic (exact) mass is 821 g/mol. The molecule has 0 saturated heterocycles. The molecular weight excluding hydrogens is 721 g/mol. The first-order chi connectivity index (χ1) is 28.1. The van der Waals surface area contributed by atoms with Crippen LogP contribution in [0.1, 0.15) is 279 Å². The third-order valence-electron chi connectivity index (χ3n) is 11.6. The summed E-state index contributed by atoms with van der Waals surface area (Å²) in [4.78, 5) is 37.9. The van der Waals surface area contributed by atoms with Crippen molar-refractivity contribution in [2.45, 2.75) is 285 Å². The van der Waals surface area contributed by atoms with E-state index in [0.29, 0.717) is 19.3 Å². The van der Waals surface area contributed by atoms with Crippen molar-refractivity contribution < 1.29 is 28.6 Å². The molecule has 6 nitrogen and oxygen atoms in total. The Hall–Kier alpha value is -1.59. The first kappa shape index (κ1) is 56.4. The van der Waals surface area contributed by atoms with E-state index >= 15 is 0 Å². The molecule has 0 unspecified atom stereocenters. The minimum Gasteiger partial charge on any atom is -0.462 e. The van der Waals surface area contributed by atoms with Crippen molar-refractivity contribution in [1.29, 1.82) is 0 Å². The third-order valence-corrected chi connectivity index (χ3v) is 11.6. The molecule has 0 aliphatic rings. The van der Waals surface area contributed by atoms with Gasteiger partial charge in [-0.15, -0.1) is 0 Å². The molecule has 0 N–H and O–H groups in total. The van der Waals surface area contributed by atoms with Crippen LogP contribution in [0.3, 0.4) is 0 Å². The molecule has 0 bridgehead atoms. The molecule has 1 atom stereocenters. The van der Waals surface area contributed by atoms with Gasteiger partial charge in [-0.1, -0.05) is 241 Å². The highest BCUT2D eigenvalue weighted by atomic mass is 16.6. The second kappa shape index (κ2) is 43.5. The van der Waals surface area contributed by atoms with Gasteiger partial charge in [0.2, 0.25) is 0 Å². The predicted molar refractivity (Wildman–Crippen MR) is 247 cm³/mol. The maximum Gasteiger partial charge on any atom is 0.306 e. The Morgan fingerprint density at radius 1 is 0.293 bits per heavy atom. The summed E-state index contributed by atoms with van der Waals surface area (Å²) in [6.07, 6.45) is 42.4. The predicted octanol–water partition coefficient (Wildman–Crippen LogP) is 16.4. The van der Waals surface area contributed by atoms with E-state index in [0.717, 1.165) is 75.5 Å². The van der Waals surface area contributed by atoms with Crippen LogP contribution in [-0.4, -0.2) is 37.2 Å². The van der Waals surface area contributed by atoms with Crippen molar-refractivity contribution in [3.8, 4) is 0 Å². The van der Waals surface area contributed by atoms with Gasteiger partial charge in [-0.05, 0) is 37.0 Å². The molecule has 0 fully saturated rings. The second-order valence-corrected chi connectivity index (χ2v) is 19.2. The van der Waals surface area contributed by atoms with Crippen LogP contribution in [0.15, 0.2) is 0 Å². The molecule has 0 saturated carbocycles. The number of ether oxygens (including phenoxy) is 3. The van der Waals surface area contributed by atoms with Crippen LogP contribution in [0.5, 0.6) is 0 Å². The van der Waals surface area contributed by atoms with Gasteiger partial charge in [0.15, 0.2) is 6.10 Å². The average molecular weight is 821 g/mol. The summed E-state index contributed by atoms with van der Waals surface area (Å²) in [5.74, 6) is 1.58. The standard InChI is InChI=1S/C52H100O6/c1-46(2)38-32-26-20-14-12-10-8-7-9-11-13-15-23-29-35-41-50(53)56-44-49(58-52(55)43-37-31-25-19-17-22-28-34-40-48(5)6)45-57-51(54)42-36-30-24-18-16-21-27-33-39-47(3)4/h46-49H,7-45H2,1-6H3/t49-/m1/s1. The second-order valence-electron chi connectivity index (χ2n) is 19.2. The number of esters is 3. The lowest BCUT2D eigenvalue weighted by molar-refractivity contribution is -0.167. The van der Waals surface area contributed by atoms with Crippen LogP contribution in [0.4, 0.5) is 0 Å². The molecule has 0 spiro atoms. The highest BCUT2D eigenvalue weighted by Gasteiger charge is 2.19. The molecule has 0 aliphatic heterocycles. The van der Waals surface area contributed by atoms with E-state index in [9.17, 15) is 14.4 Å². The Labute approximate surface area is 361 Å². The van der Waals surface area contributed by atoms with E-state index < -0.39 is 6.10 Å². The van der Waals surface area contributed by atoms with Crippen molar-refractivity contribution in [2.24, 2.45) is 17.8 Å². The topological polar surface area (TPSA) is 78.9 Å². The quantitative estimate of drug-likeness (QED) is 0.0346. The van der Waals surface area contributed by atoms with Gasteiger partial charge in [-0.25, -0.2) is 0 Å². The fraction of sp³-hybridized carbons (Fsp3) is 0.942. The van der Waals surface area contributed by atoms with E-state index in [1.807, 2.05) is 0 Å². The van der Waals surface area contributed by atoms with E-state index in [4.69, 9.17) is 14.2 Å². The highest BCUT2D eigenvalue weighted by molar-refractivity contribution is 5.71. The minimum absolute atomic E-state index is 0.0653. The van der Waals surface area contributed by atoms with Crippen molar-refractivity contribution in [3.05, 3.63) is 0 Å². The van der Waals surface area contributed by atoms with Crippen LogP contribution in [0.25, 0.3) is 0 Å². The van der Waals surface area contributed by atoms with Crippen LogP contribution in [0.2, 0.25) is 0 Å². The molecule has 0 rings (SSSR count). The van der Waals surface area contributed by atoms with Gasteiger partial charge in [0.25, 0.3) is 0 Å². The summed E-state index contributed by atoms with van der Waals surface area (Å²) in [7, 11) is 0. The SMILES string of the molecule is CC(C)CCCCCCCCCCCCCCCCCC(=O)OC[C@H](COC(=O)CCCCCCCCCCC(C)C)OC(=O)CCCCCCCCCCC(C)C. The summed E-state index contributed by atoms with van der Waals surface area (Å²) in [6, 6.07) is 0. The smallest absolute Gasteiger partial charge is 0.306 e. The largest absolute Gasteiger partial charge is 0.462 e. The van der Waals surface area contributed by atoms with Gasteiger partial charge in [0.05, 0.1) is 0 Å². The Kier molecular flexibility index (Phi) is 42.3. The Morgan fingerprint density at radius 3 is 0.741 bits per heavy atom. The van der Waals surface area contributed by atoms with Crippen LogP contribution < -0.4 is 0 Å². The first-order valence-electron chi connectivity index (χ1n) is 25.6. The number of hydrogen-bond donors (Lipinski definition) is 0. The summed E-state index contributed by atoms with van der Waals surface area (Å²) in [5.41, 5.74) is 0. The van der Waals surface area contributed by atoms with Gasteiger partial charge >= 0.3 is 17.9 Å². The number of carbonyl (C=O) groups is 3. The average Bonchev–Trinajstić information content (AvgIpc) is 3.18. The molecule has 0 amide bonds. The summed E-state index contributed by atoms with van der Waals surface area (Å²) in [6.45, 7) is 13.7. The number of unbranched alkanes of at least 4 members (excludes halogenated alkanes) is 28. The van der Waals surface area contributed by atoms with Gasteiger partial charge in [0.1, 0.15) is 13.2 Å². The lowest BCUT2D eigenvalue weighted by atomic mass is 10.0. The maximum atomic E-state index is 12.7. The zero-order chi connectivity index (χ0) is 42.7. The zero-order valence-corrected chi connectivity index (χ0v) is 39.8. The maximum absolute atomic E-state index is 12.7. The minimum atomic E-state index is -0.763. The Balaban J connectivity index is 4.26. The van der Waals surface area contributed by atoms with Crippen LogP contribution in [0, 0.1) is 17.8 Å². The lowest BCUT2D eigenvalue weighted by Crippen LogP contribution is -2.30. The number of carbonyl (C=O) groups excluding carboxylic acids is 3. The molecule has 0 radical (unpaired) electrons. The summed E-state index contributed by atoms with van der Waals surface area (Å²) < 4.78 is 16.8. The van der Waals surface area contributed by atoms with Gasteiger partial charge in [-0.3, -0.25) is 14.4 Å². The van der Waals surface area contributed by atoms with Crippen LogP contribution >= 0.6 is 0 Å². The molecule has 344 valence electrons. The molecule has 0 aromatic carbocycles. The van der Waals surface area contributed by atoms with Crippen molar-refractivity contribution in [3.63, 3.8) is 0 Å². The van der Waals surface area contributed by atoms with Crippen molar-refractivity contribution in [1.82, 2.24) is 0 Å². The van der Waals surface area contributed by atoms with Gasteiger partial charge < -0.3 is 14.2 Å². The van der Waals surface area contributed by atoms with Gasteiger partial charge in [-0.2, -0.15) is 0 Å². The van der Waals surface area contributed by atoms with E-state index in [2.05, 4.69) is 41.5 Å². The Bertz CT molecular complexity index is 898. The van der Waals surface area contributed by atoms with E-state index in [1.165, 1.54) is 161 Å². The molecule has 0 aliphatic carbocycles. The molecule has 0 aromatic rings. The molecule has 58 heavy (non-hydrogen) atoms. The molecular formula is C52H100O6. The third kappa shape index (κ3) is 45.5. The first-order valence-corrected chi connectivity index (χ1v) is 25.6. The number of rotatable bonds is 45. The molecule has 0 heterocycles. The lowest BCUT2D eigenvalue weighted by Gasteiger charge is -2.18. The van der Waals surface area contributed by atoms with Crippen LogP contribution in [-0.2, 0) is 28.6 Å². The van der Waals surface area contributed by atoms with E-state index in [1.54, 1.807) is 0 Å². The van der Waals surface area contributed by atoms with E-state index in [-0.39, 0.29) is 31.1 Å². The Morgan fingerprint density at radius 2 is 0.500 bits per heavy atom. The molecule has 6 heteroatoms. The molecule has 0 aromatic heterocycles. The summed E-state index contributed by atoms with van der Waals surface area (Å²) in [5, 5.41) is 0. The fourth-order valence-electron chi connectivity index (χ4n) is 7.76. The van der Waals surface area contributed by atoms with Crippen molar-refractivity contribution >= 4 is 17.9 Å². The summed E-state index contributed by atoms with van der Waals surface area (Å²) >= 11 is 0. The van der Waals surface area contributed by atoms with Crippen molar-refractivity contribution in [2.75, 3.05) is 13.2 Å². The highest BCUT2D eigenvalue weighted by Crippen LogP contribution is 2.17. The van der Waals surface area contributed by atoms with Gasteiger partial charge in [0, 0.05) is 19.3 Å². The number of hydrogen-bond acceptors (Lipinski definition) is 6. The zero-order valence-electron chi connectivity index (χ0n) is 39.8. The normalized spacial score (nSPS) is 12.2. The fourth-order valence-corrected chi connectivity index (χ4v) is 7.76.